The highest BCUT2D eigenvalue weighted by Gasteiger charge is 2.34. The summed E-state index contributed by atoms with van der Waals surface area (Å²) >= 11 is 0. The molecule has 0 saturated carbocycles. The van der Waals surface area contributed by atoms with Gasteiger partial charge in [-0.3, -0.25) is 9.36 Å². The fourth-order valence-corrected chi connectivity index (χ4v) is 2.59. The average molecular weight is 304 g/mol. The minimum Gasteiger partial charge on any atom is -0.481 e. The first kappa shape index (κ1) is 19.1. The van der Waals surface area contributed by atoms with Gasteiger partial charge < -0.3 is 14.9 Å². The second kappa shape index (κ2) is 9.11. The van der Waals surface area contributed by atoms with Crippen LogP contribution < -0.4 is 0 Å². The van der Waals surface area contributed by atoms with Crippen molar-refractivity contribution in [2.75, 3.05) is 0 Å². The molecule has 0 bridgehead atoms. The Kier molecular flexibility index (Phi) is 8.70. The molecule has 0 amide bonds. The lowest BCUT2D eigenvalue weighted by atomic mass is 10.1. The molecule has 0 saturated heterocycles. The van der Waals surface area contributed by atoms with Gasteiger partial charge in [0, 0.05) is 0 Å². The Morgan fingerprint density at radius 3 is 2.20 bits per heavy atom. The lowest BCUT2D eigenvalue weighted by Gasteiger charge is -2.13. The molecule has 0 aromatic rings. The van der Waals surface area contributed by atoms with E-state index in [-0.39, 0.29) is 6.42 Å². The first-order chi connectivity index (χ1) is 9.14. The molecule has 0 rings (SSSR count). The molecule has 0 aromatic heterocycles. The van der Waals surface area contributed by atoms with Crippen LogP contribution in [-0.2, 0) is 9.36 Å². The van der Waals surface area contributed by atoms with E-state index in [2.05, 4.69) is 6.08 Å². The highest BCUT2D eigenvalue weighted by atomic mass is 31.2. The number of allylic oxidation sites excluding steroid dienone is 4. The van der Waals surface area contributed by atoms with Crippen molar-refractivity contribution in [2.45, 2.75) is 58.5 Å². The molecule has 0 aromatic carbocycles. The van der Waals surface area contributed by atoms with Gasteiger partial charge in [0.2, 0.25) is 0 Å². The molecule has 0 fully saturated rings. The van der Waals surface area contributed by atoms with Crippen LogP contribution in [0.15, 0.2) is 23.3 Å². The third kappa shape index (κ3) is 9.08. The van der Waals surface area contributed by atoms with Gasteiger partial charge >= 0.3 is 13.6 Å². The maximum atomic E-state index is 11.0. The Labute approximate surface area is 120 Å². The quantitative estimate of drug-likeness (QED) is 0.344. The van der Waals surface area contributed by atoms with E-state index in [1.807, 2.05) is 26.8 Å². The first-order valence-corrected chi connectivity index (χ1v) is 8.39. The van der Waals surface area contributed by atoms with Crippen molar-refractivity contribution in [3.05, 3.63) is 23.3 Å². The standard InChI is InChI=1S/C14H25O5P/c1-11(2)7-6-9-12(3)8-4-5-10-13(14(15)16)20(17,18)19/h7-8,13H,4-6,9-10H2,1-3H3,(H,15,16)(H2,17,18,19). The Morgan fingerprint density at radius 1 is 1.15 bits per heavy atom. The van der Waals surface area contributed by atoms with Gasteiger partial charge in [0.05, 0.1) is 0 Å². The van der Waals surface area contributed by atoms with Gasteiger partial charge in [-0.05, 0) is 52.9 Å². The number of rotatable bonds is 9. The van der Waals surface area contributed by atoms with Crippen molar-refractivity contribution in [2.24, 2.45) is 0 Å². The predicted molar refractivity (Wildman–Crippen MR) is 79.7 cm³/mol. The third-order valence-electron chi connectivity index (χ3n) is 2.96. The molecule has 0 aliphatic rings. The topological polar surface area (TPSA) is 94.8 Å². The minimum absolute atomic E-state index is 0.00262. The summed E-state index contributed by atoms with van der Waals surface area (Å²) in [6.45, 7) is 6.11. The molecule has 0 aliphatic heterocycles. The molecule has 0 aliphatic carbocycles. The number of hydrogen-bond donors (Lipinski definition) is 3. The molecule has 0 radical (unpaired) electrons. The van der Waals surface area contributed by atoms with Crippen LogP contribution in [0.1, 0.15) is 52.9 Å². The molecule has 6 heteroatoms. The summed E-state index contributed by atoms with van der Waals surface area (Å²) in [4.78, 5) is 28.6. The summed E-state index contributed by atoms with van der Waals surface area (Å²) in [6, 6.07) is 0. The molecular weight excluding hydrogens is 279 g/mol. The zero-order chi connectivity index (χ0) is 15.8. The number of carboxylic acid groups (broad SMARTS) is 1. The SMILES string of the molecule is CC(C)=CCCC(C)=CCCCC(C(=O)O)P(=O)(O)O. The molecule has 20 heavy (non-hydrogen) atoms. The second-order valence-electron chi connectivity index (χ2n) is 5.24. The number of aliphatic carboxylic acids is 1. The van der Waals surface area contributed by atoms with Crippen molar-refractivity contribution < 1.29 is 24.3 Å². The molecule has 3 N–H and O–H groups in total. The molecule has 5 nitrogen and oxygen atoms in total. The summed E-state index contributed by atoms with van der Waals surface area (Å²) < 4.78 is 11.0. The lowest BCUT2D eigenvalue weighted by molar-refractivity contribution is -0.137. The van der Waals surface area contributed by atoms with Gasteiger partial charge in [-0.15, -0.1) is 0 Å². The predicted octanol–water partition coefficient (Wildman–Crippen LogP) is 3.48. The maximum Gasteiger partial charge on any atom is 0.339 e. The van der Waals surface area contributed by atoms with Crippen LogP contribution >= 0.6 is 7.60 Å². The Balaban J connectivity index is 4.14. The van der Waals surface area contributed by atoms with Gasteiger partial charge in [0.15, 0.2) is 5.66 Å². The van der Waals surface area contributed by atoms with Crippen molar-refractivity contribution in [3.8, 4) is 0 Å². The zero-order valence-corrected chi connectivity index (χ0v) is 13.3. The largest absolute Gasteiger partial charge is 0.481 e. The first-order valence-electron chi connectivity index (χ1n) is 6.71. The normalized spacial score (nSPS) is 13.9. The minimum atomic E-state index is -4.55. The summed E-state index contributed by atoms with van der Waals surface area (Å²) in [7, 11) is -4.55. The molecule has 116 valence electrons. The van der Waals surface area contributed by atoms with Crippen molar-refractivity contribution in [1.29, 1.82) is 0 Å². The fraction of sp³-hybridized carbons (Fsp3) is 0.643. The number of carbonyl (C=O) groups is 1. The van der Waals surface area contributed by atoms with Crippen LogP contribution in [0.5, 0.6) is 0 Å². The Bertz CT molecular complexity index is 415. The number of unbranched alkanes of at least 4 members (excludes halogenated alkanes) is 1. The third-order valence-corrected chi connectivity index (χ3v) is 4.25. The van der Waals surface area contributed by atoms with E-state index in [9.17, 15) is 9.36 Å². The van der Waals surface area contributed by atoms with Crippen LogP contribution in [0.25, 0.3) is 0 Å². The Morgan fingerprint density at radius 2 is 1.75 bits per heavy atom. The smallest absolute Gasteiger partial charge is 0.339 e. The van der Waals surface area contributed by atoms with E-state index >= 15 is 0 Å². The molecule has 1 atom stereocenters. The van der Waals surface area contributed by atoms with Crippen LogP contribution in [0, 0.1) is 0 Å². The van der Waals surface area contributed by atoms with Crippen molar-refractivity contribution in [1.82, 2.24) is 0 Å². The van der Waals surface area contributed by atoms with E-state index in [1.54, 1.807) is 0 Å². The van der Waals surface area contributed by atoms with E-state index < -0.39 is 19.2 Å². The molecule has 0 heterocycles. The number of carboxylic acids is 1. The van der Waals surface area contributed by atoms with Gasteiger partial charge in [-0.25, -0.2) is 0 Å². The van der Waals surface area contributed by atoms with Crippen molar-refractivity contribution in [3.63, 3.8) is 0 Å². The summed E-state index contributed by atoms with van der Waals surface area (Å²) in [6.07, 6.45) is 7.20. The van der Waals surface area contributed by atoms with Crippen LogP contribution in [0.3, 0.4) is 0 Å². The highest BCUT2D eigenvalue weighted by Crippen LogP contribution is 2.43. The number of hydrogen-bond acceptors (Lipinski definition) is 2. The van der Waals surface area contributed by atoms with E-state index in [0.29, 0.717) is 12.8 Å². The second-order valence-corrected chi connectivity index (χ2v) is 7.05. The summed E-state index contributed by atoms with van der Waals surface area (Å²) in [5.41, 5.74) is 0.913. The maximum absolute atomic E-state index is 11.0. The van der Waals surface area contributed by atoms with E-state index in [0.717, 1.165) is 12.8 Å². The summed E-state index contributed by atoms with van der Waals surface area (Å²) in [5.74, 6) is -1.43. The van der Waals surface area contributed by atoms with Gasteiger partial charge in [0.1, 0.15) is 0 Å². The molecule has 0 spiro atoms. The highest BCUT2D eigenvalue weighted by molar-refractivity contribution is 7.53. The lowest BCUT2D eigenvalue weighted by Crippen LogP contribution is -2.20. The van der Waals surface area contributed by atoms with Gasteiger partial charge in [0.25, 0.3) is 0 Å². The van der Waals surface area contributed by atoms with E-state index in [4.69, 9.17) is 14.9 Å². The molecular formula is C14H25O5P. The molecule has 1 unspecified atom stereocenters. The van der Waals surface area contributed by atoms with Crippen LogP contribution in [-0.4, -0.2) is 26.5 Å². The van der Waals surface area contributed by atoms with Crippen molar-refractivity contribution >= 4 is 13.6 Å². The monoisotopic (exact) mass is 304 g/mol. The Hall–Kier alpha value is -0.900. The van der Waals surface area contributed by atoms with E-state index in [1.165, 1.54) is 11.1 Å². The van der Waals surface area contributed by atoms with Gasteiger partial charge in [-0.1, -0.05) is 23.3 Å². The van der Waals surface area contributed by atoms with Gasteiger partial charge in [-0.2, -0.15) is 0 Å². The zero-order valence-electron chi connectivity index (χ0n) is 12.4. The van der Waals surface area contributed by atoms with Crippen LogP contribution in [0.2, 0.25) is 0 Å². The van der Waals surface area contributed by atoms with Crippen LogP contribution in [0.4, 0.5) is 0 Å². The summed E-state index contributed by atoms with van der Waals surface area (Å²) in [5, 5.41) is 8.77. The fourth-order valence-electron chi connectivity index (χ4n) is 1.79. The average Bonchev–Trinajstić information content (AvgIpc) is 2.25.